The molecule has 0 radical (unpaired) electrons. The molecule has 31 heavy (non-hydrogen) atoms. The van der Waals surface area contributed by atoms with E-state index in [9.17, 15) is 4.79 Å². The van der Waals surface area contributed by atoms with Gasteiger partial charge in [0.05, 0.1) is 5.41 Å². The Hall–Kier alpha value is -2.49. The van der Waals surface area contributed by atoms with Gasteiger partial charge in [-0.2, -0.15) is 0 Å². The highest BCUT2D eigenvalue weighted by Gasteiger charge is 2.31. The highest BCUT2D eigenvalue weighted by molar-refractivity contribution is 5.76. The van der Waals surface area contributed by atoms with Crippen molar-refractivity contribution in [1.29, 1.82) is 0 Å². The predicted octanol–water partition coefficient (Wildman–Crippen LogP) is 7.11. The van der Waals surface area contributed by atoms with Crippen molar-refractivity contribution in [2.45, 2.75) is 86.0 Å². The average molecular weight is 427 g/mol. The first-order chi connectivity index (χ1) is 14.2. The summed E-state index contributed by atoms with van der Waals surface area (Å²) in [5.74, 6) is 1.35. The lowest BCUT2D eigenvalue weighted by Crippen LogP contribution is -2.28. The van der Waals surface area contributed by atoms with E-state index in [4.69, 9.17) is 14.2 Å². The Morgan fingerprint density at radius 2 is 1.06 bits per heavy atom. The topological polar surface area (TPSA) is 44.8 Å². The first kappa shape index (κ1) is 24.8. The summed E-state index contributed by atoms with van der Waals surface area (Å²) in [7, 11) is 0. The second-order valence-electron chi connectivity index (χ2n) is 10.6. The van der Waals surface area contributed by atoms with Crippen molar-refractivity contribution in [2.75, 3.05) is 0 Å². The fourth-order valence-electron chi connectivity index (χ4n) is 2.87. The van der Waals surface area contributed by atoms with Gasteiger partial charge in [-0.25, -0.2) is 0 Å². The Bertz CT molecular complexity index is 791. The van der Waals surface area contributed by atoms with E-state index in [2.05, 4.69) is 0 Å². The zero-order chi connectivity index (χ0) is 23.4. The number of rotatable bonds is 7. The van der Waals surface area contributed by atoms with Crippen molar-refractivity contribution in [3.63, 3.8) is 0 Å². The summed E-state index contributed by atoms with van der Waals surface area (Å²) in [4.78, 5) is 12.9. The van der Waals surface area contributed by atoms with E-state index in [-0.39, 0.29) is 17.2 Å². The van der Waals surface area contributed by atoms with Gasteiger partial charge in [-0.15, -0.1) is 0 Å². The smallest absolute Gasteiger partial charge is 0.312 e. The molecule has 0 spiro atoms. The van der Waals surface area contributed by atoms with Gasteiger partial charge in [0.15, 0.2) is 6.10 Å². The number of hydrogen-bond acceptors (Lipinski definition) is 4. The van der Waals surface area contributed by atoms with Gasteiger partial charge < -0.3 is 14.2 Å². The number of esters is 1. The molecular formula is C27H38O4. The molecule has 4 heteroatoms. The van der Waals surface area contributed by atoms with Crippen LogP contribution in [0.1, 0.15) is 86.0 Å². The quantitative estimate of drug-likeness (QED) is 0.443. The van der Waals surface area contributed by atoms with Crippen LogP contribution < -0.4 is 9.47 Å². The fourth-order valence-corrected chi connectivity index (χ4v) is 2.87. The maximum atomic E-state index is 12.9. The Labute approximate surface area is 187 Å². The molecule has 0 amide bonds. The van der Waals surface area contributed by atoms with E-state index in [1.165, 1.54) is 0 Å². The van der Waals surface area contributed by atoms with Crippen LogP contribution in [0.2, 0.25) is 0 Å². The zero-order valence-corrected chi connectivity index (χ0v) is 20.5. The van der Waals surface area contributed by atoms with Gasteiger partial charge in [0.25, 0.3) is 0 Å². The normalized spacial score (nSPS) is 12.6. The van der Waals surface area contributed by atoms with E-state index in [1.807, 2.05) is 111 Å². The van der Waals surface area contributed by atoms with Crippen LogP contribution in [-0.2, 0) is 9.53 Å². The zero-order valence-electron chi connectivity index (χ0n) is 20.5. The lowest BCUT2D eigenvalue weighted by molar-refractivity contribution is -0.158. The number of benzene rings is 2. The summed E-state index contributed by atoms with van der Waals surface area (Å²) in [5, 5.41) is 0. The minimum atomic E-state index is -0.553. The van der Waals surface area contributed by atoms with Crippen molar-refractivity contribution < 1.29 is 19.0 Å². The van der Waals surface area contributed by atoms with Gasteiger partial charge in [0.2, 0.25) is 0 Å². The minimum Gasteiger partial charge on any atom is -0.488 e. The molecule has 0 atom stereocenters. The third-order valence-corrected chi connectivity index (χ3v) is 4.88. The molecular weight excluding hydrogens is 388 g/mol. The van der Waals surface area contributed by atoms with Crippen LogP contribution in [0.3, 0.4) is 0 Å². The van der Waals surface area contributed by atoms with Crippen molar-refractivity contribution >= 4 is 5.97 Å². The lowest BCUT2D eigenvalue weighted by atomic mass is 9.90. The highest BCUT2D eigenvalue weighted by Crippen LogP contribution is 2.33. The highest BCUT2D eigenvalue weighted by atomic mass is 16.5. The molecule has 2 aromatic carbocycles. The van der Waals surface area contributed by atoms with Crippen LogP contribution >= 0.6 is 0 Å². The summed E-state index contributed by atoms with van der Waals surface area (Å²) in [6, 6.07) is 15.5. The van der Waals surface area contributed by atoms with Gasteiger partial charge in [-0.05, 0) is 97.2 Å². The van der Waals surface area contributed by atoms with Gasteiger partial charge in [0.1, 0.15) is 22.7 Å². The second kappa shape index (κ2) is 9.33. The molecule has 0 fully saturated rings. The van der Waals surface area contributed by atoms with Gasteiger partial charge in [0, 0.05) is 0 Å². The molecule has 0 saturated carbocycles. The van der Waals surface area contributed by atoms with E-state index in [0.717, 1.165) is 22.6 Å². The SMILES string of the molecule is CCC(C)(C)C(=O)OC(c1ccc(OC(C)(C)C)cc1)c1ccc(OC(C)(C)C)cc1. The molecule has 0 N–H and O–H groups in total. The Morgan fingerprint density at radius 1 is 0.710 bits per heavy atom. The first-order valence-corrected chi connectivity index (χ1v) is 11.0. The average Bonchev–Trinajstić information content (AvgIpc) is 2.65. The fraction of sp³-hybridized carbons (Fsp3) is 0.519. The summed E-state index contributed by atoms with van der Waals surface area (Å²) in [5.41, 5.74) is 0.683. The van der Waals surface area contributed by atoms with Crippen LogP contribution in [0.5, 0.6) is 11.5 Å². The largest absolute Gasteiger partial charge is 0.488 e. The van der Waals surface area contributed by atoms with E-state index < -0.39 is 11.5 Å². The van der Waals surface area contributed by atoms with Crippen molar-refractivity contribution in [1.82, 2.24) is 0 Å². The first-order valence-electron chi connectivity index (χ1n) is 11.0. The van der Waals surface area contributed by atoms with Crippen LogP contribution in [-0.4, -0.2) is 17.2 Å². The molecule has 4 nitrogen and oxygen atoms in total. The maximum Gasteiger partial charge on any atom is 0.312 e. The molecule has 0 saturated heterocycles. The minimum absolute atomic E-state index is 0.218. The Balaban J connectivity index is 2.36. The molecule has 0 heterocycles. The van der Waals surface area contributed by atoms with Crippen molar-refractivity contribution in [3.05, 3.63) is 59.7 Å². The van der Waals surface area contributed by atoms with E-state index in [0.29, 0.717) is 6.42 Å². The molecule has 170 valence electrons. The predicted molar refractivity (Wildman–Crippen MR) is 126 cm³/mol. The number of ether oxygens (including phenoxy) is 3. The van der Waals surface area contributed by atoms with Gasteiger partial charge in [-0.1, -0.05) is 31.2 Å². The molecule has 0 aliphatic rings. The van der Waals surface area contributed by atoms with Crippen LogP contribution in [0.15, 0.2) is 48.5 Å². The van der Waals surface area contributed by atoms with Gasteiger partial charge >= 0.3 is 5.97 Å². The summed E-state index contributed by atoms with van der Waals surface area (Å²) in [6.45, 7) is 17.9. The summed E-state index contributed by atoms with van der Waals surface area (Å²) < 4.78 is 17.9. The molecule has 0 aromatic heterocycles. The molecule has 2 aromatic rings. The van der Waals surface area contributed by atoms with Crippen molar-refractivity contribution in [3.8, 4) is 11.5 Å². The number of hydrogen-bond donors (Lipinski definition) is 0. The third kappa shape index (κ3) is 7.61. The Morgan fingerprint density at radius 3 is 1.35 bits per heavy atom. The van der Waals surface area contributed by atoms with E-state index in [1.54, 1.807) is 0 Å². The molecule has 0 unspecified atom stereocenters. The summed E-state index contributed by atoms with van der Waals surface area (Å²) >= 11 is 0. The Kier molecular flexibility index (Phi) is 7.46. The molecule has 2 rings (SSSR count). The van der Waals surface area contributed by atoms with Crippen LogP contribution in [0.25, 0.3) is 0 Å². The molecule has 0 aliphatic heterocycles. The third-order valence-electron chi connectivity index (χ3n) is 4.88. The summed E-state index contributed by atoms with van der Waals surface area (Å²) in [6.07, 6.45) is 0.195. The standard InChI is InChI=1S/C27H38O4/c1-10-27(8,9)24(28)29-23(19-11-15-21(16-12-19)30-25(2,3)4)20-13-17-22(18-14-20)31-26(5,6)7/h11-18,23H,10H2,1-9H3. The van der Waals surface area contributed by atoms with E-state index >= 15 is 0 Å². The lowest BCUT2D eigenvalue weighted by Gasteiger charge is -2.27. The molecule has 0 aliphatic carbocycles. The maximum absolute atomic E-state index is 12.9. The van der Waals surface area contributed by atoms with Crippen molar-refractivity contribution in [2.24, 2.45) is 5.41 Å². The monoisotopic (exact) mass is 426 g/mol. The second-order valence-corrected chi connectivity index (χ2v) is 10.6. The van der Waals surface area contributed by atoms with Crippen LogP contribution in [0.4, 0.5) is 0 Å². The number of carbonyl (C=O) groups is 1. The van der Waals surface area contributed by atoms with Gasteiger partial charge in [-0.3, -0.25) is 4.79 Å². The number of carbonyl (C=O) groups excluding carboxylic acids is 1. The molecule has 0 bridgehead atoms. The van der Waals surface area contributed by atoms with Crippen LogP contribution in [0, 0.1) is 5.41 Å².